The molecular weight excluding hydrogens is 322 g/mol. The molecule has 2 aromatic carbocycles. The predicted molar refractivity (Wildman–Crippen MR) is 108 cm³/mol. The summed E-state index contributed by atoms with van der Waals surface area (Å²) in [7, 11) is 1.97. The van der Waals surface area contributed by atoms with Gasteiger partial charge in [-0.15, -0.1) is 0 Å². The van der Waals surface area contributed by atoms with Crippen molar-refractivity contribution in [2.45, 2.75) is 33.5 Å². The average molecular weight is 354 g/mol. The first-order valence-corrected chi connectivity index (χ1v) is 9.40. The number of benzene rings is 2. The fourth-order valence-corrected chi connectivity index (χ4v) is 3.00. The molecule has 0 saturated carbocycles. The number of nitrogens with zero attached hydrogens (tertiary/aromatic N) is 2. The lowest BCUT2D eigenvalue weighted by Crippen LogP contribution is -2.34. The Morgan fingerprint density at radius 1 is 0.885 bits per heavy atom. The summed E-state index contributed by atoms with van der Waals surface area (Å²) in [4.78, 5) is 16.6. The second kappa shape index (κ2) is 10.7. The Morgan fingerprint density at radius 2 is 1.54 bits per heavy atom. The van der Waals surface area contributed by atoms with E-state index in [0.29, 0.717) is 13.1 Å². The van der Waals surface area contributed by atoms with Crippen LogP contribution < -0.4 is 5.32 Å². The van der Waals surface area contributed by atoms with E-state index in [9.17, 15) is 4.79 Å². The zero-order valence-electron chi connectivity index (χ0n) is 16.2. The molecular formula is C22H31N3O. The van der Waals surface area contributed by atoms with Crippen LogP contribution in [0.3, 0.4) is 0 Å². The van der Waals surface area contributed by atoms with E-state index in [2.05, 4.69) is 60.5 Å². The molecule has 0 aliphatic carbocycles. The van der Waals surface area contributed by atoms with E-state index >= 15 is 0 Å². The molecule has 2 rings (SSSR count). The van der Waals surface area contributed by atoms with Crippen LogP contribution in [0.5, 0.6) is 0 Å². The zero-order chi connectivity index (χ0) is 18.8. The van der Waals surface area contributed by atoms with Crippen LogP contribution in [0.4, 0.5) is 0 Å². The summed E-state index contributed by atoms with van der Waals surface area (Å²) >= 11 is 0. The summed E-state index contributed by atoms with van der Waals surface area (Å²) in [5.41, 5.74) is 3.65. The van der Waals surface area contributed by atoms with Crippen LogP contribution in [0.2, 0.25) is 0 Å². The first-order valence-electron chi connectivity index (χ1n) is 9.40. The van der Waals surface area contributed by atoms with Crippen molar-refractivity contribution < 1.29 is 4.79 Å². The van der Waals surface area contributed by atoms with Gasteiger partial charge in [-0.3, -0.25) is 14.6 Å². The highest BCUT2D eigenvalue weighted by Crippen LogP contribution is 2.08. The van der Waals surface area contributed by atoms with Crippen molar-refractivity contribution in [2.24, 2.45) is 0 Å². The summed E-state index contributed by atoms with van der Waals surface area (Å²) in [5, 5.41) is 3.03. The molecule has 0 atom stereocenters. The van der Waals surface area contributed by atoms with Gasteiger partial charge in [0.1, 0.15) is 0 Å². The maximum absolute atomic E-state index is 12.2. The number of amides is 1. The molecule has 0 aliphatic heterocycles. The molecule has 0 fully saturated rings. The lowest BCUT2D eigenvalue weighted by molar-refractivity contribution is -0.122. The number of carbonyl (C=O) groups is 1. The highest BCUT2D eigenvalue weighted by Gasteiger charge is 2.07. The van der Waals surface area contributed by atoms with Gasteiger partial charge in [0.05, 0.1) is 6.54 Å². The van der Waals surface area contributed by atoms with E-state index in [0.717, 1.165) is 31.7 Å². The van der Waals surface area contributed by atoms with Crippen molar-refractivity contribution in [2.75, 3.05) is 26.7 Å². The van der Waals surface area contributed by atoms with Gasteiger partial charge in [0, 0.05) is 19.6 Å². The summed E-state index contributed by atoms with van der Waals surface area (Å²) in [6, 6.07) is 18.7. The Kier molecular flexibility index (Phi) is 8.32. The Hall–Kier alpha value is -2.17. The van der Waals surface area contributed by atoms with Crippen LogP contribution in [-0.2, 0) is 24.4 Å². The minimum absolute atomic E-state index is 0.0533. The van der Waals surface area contributed by atoms with Gasteiger partial charge in [-0.2, -0.15) is 0 Å². The van der Waals surface area contributed by atoms with Gasteiger partial charge in [-0.25, -0.2) is 0 Å². The minimum atomic E-state index is 0.0533. The lowest BCUT2D eigenvalue weighted by Gasteiger charge is -2.19. The number of likely N-dealkylation sites (N-methyl/N-ethyl adjacent to an activating group) is 1. The van der Waals surface area contributed by atoms with E-state index < -0.39 is 0 Å². The third-order valence-electron chi connectivity index (χ3n) is 4.49. The zero-order valence-corrected chi connectivity index (χ0v) is 16.2. The Bertz CT molecular complexity index is 668. The normalized spacial score (nSPS) is 11.1. The molecule has 26 heavy (non-hydrogen) atoms. The first-order chi connectivity index (χ1) is 12.6. The number of hydrogen-bond donors (Lipinski definition) is 1. The second-order valence-corrected chi connectivity index (χ2v) is 6.72. The van der Waals surface area contributed by atoms with Crippen molar-refractivity contribution in [3.63, 3.8) is 0 Å². The van der Waals surface area contributed by atoms with E-state index in [-0.39, 0.29) is 5.91 Å². The summed E-state index contributed by atoms with van der Waals surface area (Å²) in [6.45, 7) is 9.15. The average Bonchev–Trinajstić information content (AvgIpc) is 2.65. The fourth-order valence-electron chi connectivity index (χ4n) is 3.00. The molecule has 0 bridgehead atoms. The lowest BCUT2D eigenvalue weighted by atomic mass is 10.1. The highest BCUT2D eigenvalue weighted by molar-refractivity contribution is 5.77. The number of hydrogen-bond acceptors (Lipinski definition) is 3. The van der Waals surface area contributed by atoms with Gasteiger partial charge in [0.2, 0.25) is 5.91 Å². The number of carbonyl (C=O) groups excluding carboxylic acids is 1. The first kappa shape index (κ1) is 20.1. The molecule has 140 valence electrons. The standard InChI is InChI=1S/C22H31N3O/c1-4-25(5-2)17-21-13-9-12-20(14-21)15-23-22(26)18-24(3)16-19-10-7-6-8-11-19/h6-14H,4-5,15-18H2,1-3H3,(H,23,26). The molecule has 0 spiro atoms. The number of rotatable bonds is 10. The molecule has 0 heterocycles. The van der Waals surface area contributed by atoms with Crippen molar-refractivity contribution in [3.05, 3.63) is 71.3 Å². The van der Waals surface area contributed by atoms with Crippen LogP contribution in [0.1, 0.15) is 30.5 Å². The molecule has 4 heteroatoms. The Balaban J connectivity index is 1.79. The van der Waals surface area contributed by atoms with Crippen LogP contribution >= 0.6 is 0 Å². The topological polar surface area (TPSA) is 35.6 Å². The largest absolute Gasteiger partial charge is 0.351 e. The summed E-state index contributed by atoms with van der Waals surface area (Å²) in [5.74, 6) is 0.0533. The molecule has 1 N–H and O–H groups in total. The molecule has 4 nitrogen and oxygen atoms in total. The van der Waals surface area contributed by atoms with Crippen LogP contribution in [0.15, 0.2) is 54.6 Å². The maximum Gasteiger partial charge on any atom is 0.234 e. The smallest absolute Gasteiger partial charge is 0.234 e. The van der Waals surface area contributed by atoms with Crippen molar-refractivity contribution in [1.29, 1.82) is 0 Å². The molecule has 2 aromatic rings. The van der Waals surface area contributed by atoms with Crippen LogP contribution in [-0.4, -0.2) is 42.4 Å². The van der Waals surface area contributed by atoms with E-state index in [4.69, 9.17) is 0 Å². The van der Waals surface area contributed by atoms with Gasteiger partial charge in [-0.05, 0) is 36.8 Å². The van der Waals surface area contributed by atoms with Crippen LogP contribution in [0.25, 0.3) is 0 Å². The van der Waals surface area contributed by atoms with Gasteiger partial charge in [0.25, 0.3) is 0 Å². The second-order valence-electron chi connectivity index (χ2n) is 6.72. The molecule has 0 unspecified atom stereocenters. The van der Waals surface area contributed by atoms with Crippen LogP contribution in [0, 0.1) is 0 Å². The van der Waals surface area contributed by atoms with Crippen molar-refractivity contribution in [1.82, 2.24) is 15.1 Å². The molecule has 0 aliphatic rings. The van der Waals surface area contributed by atoms with E-state index in [1.54, 1.807) is 0 Å². The third-order valence-corrected chi connectivity index (χ3v) is 4.49. The quantitative estimate of drug-likeness (QED) is 0.712. The van der Waals surface area contributed by atoms with E-state index in [1.165, 1.54) is 11.1 Å². The summed E-state index contributed by atoms with van der Waals surface area (Å²) < 4.78 is 0. The monoisotopic (exact) mass is 353 g/mol. The van der Waals surface area contributed by atoms with Gasteiger partial charge >= 0.3 is 0 Å². The van der Waals surface area contributed by atoms with Crippen molar-refractivity contribution in [3.8, 4) is 0 Å². The SMILES string of the molecule is CCN(CC)Cc1cccc(CNC(=O)CN(C)Cc2ccccc2)c1. The third kappa shape index (κ3) is 6.98. The predicted octanol–water partition coefficient (Wildman–Crippen LogP) is 3.28. The molecule has 0 radical (unpaired) electrons. The maximum atomic E-state index is 12.2. The molecule has 0 aromatic heterocycles. The Labute approximate surface area is 157 Å². The van der Waals surface area contributed by atoms with Gasteiger partial charge < -0.3 is 5.32 Å². The van der Waals surface area contributed by atoms with Crippen molar-refractivity contribution >= 4 is 5.91 Å². The summed E-state index contributed by atoms with van der Waals surface area (Å²) in [6.07, 6.45) is 0. The minimum Gasteiger partial charge on any atom is -0.351 e. The molecule has 1 amide bonds. The Morgan fingerprint density at radius 3 is 2.23 bits per heavy atom. The fraction of sp³-hybridized carbons (Fsp3) is 0.409. The highest BCUT2D eigenvalue weighted by atomic mass is 16.2. The molecule has 0 saturated heterocycles. The number of nitrogens with one attached hydrogen (secondary N) is 1. The van der Waals surface area contributed by atoms with Gasteiger partial charge in [0.15, 0.2) is 0 Å². The van der Waals surface area contributed by atoms with Gasteiger partial charge in [-0.1, -0.05) is 68.4 Å². The van der Waals surface area contributed by atoms with E-state index in [1.807, 2.05) is 30.1 Å².